The second-order valence-corrected chi connectivity index (χ2v) is 9.18. The van der Waals surface area contributed by atoms with E-state index < -0.39 is 0 Å². The topological polar surface area (TPSA) is 65.8 Å². The molecule has 1 fully saturated rings. The zero-order valence-corrected chi connectivity index (χ0v) is 20.0. The minimum absolute atomic E-state index is 0.0684. The van der Waals surface area contributed by atoms with Gasteiger partial charge in [0.25, 0.3) is 0 Å². The van der Waals surface area contributed by atoms with Gasteiger partial charge in [0.2, 0.25) is 5.91 Å². The summed E-state index contributed by atoms with van der Waals surface area (Å²) in [5.74, 6) is 0.499. The van der Waals surface area contributed by atoms with Crippen molar-refractivity contribution in [2.24, 2.45) is 5.92 Å². The van der Waals surface area contributed by atoms with Crippen LogP contribution in [0.3, 0.4) is 0 Å². The maximum Gasteiger partial charge on any atom is 0.225 e. The van der Waals surface area contributed by atoms with Gasteiger partial charge in [-0.05, 0) is 60.9 Å². The molecule has 1 aliphatic rings. The van der Waals surface area contributed by atoms with E-state index in [1.807, 2.05) is 38.5 Å². The maximum absolute atomic E-state index is 13.3. The number of aromatic nitrogens is 3. The number of carbonyl (C=O) groups is 1. The molecule has 0 aliphatic carbocycles. The summed E-state index contributed by atoms with van der Waals surface area (Å²) in [6, 6.07) is 16.5. The van der Waals surface area contributed by atoms with Crippen molar-refractivity contribution in [3.63, 3.8) is 0 Å². The van der Waals surface area contributed by atoms with Crippen molar-refractivity contribution in [1.29, 1.82) is 0 Å². The maximum atomic E-state index is 13.3. The first-order valence-corrected chi connectivity index (χ1v) is 11.9. The molecule has 35 heavy (non-hydrogen) atoms. The first-order chi connectivity index (χ1) is 17.0. The molecular weight excluding hydrogens is 443 g/mol. The molecule has 1 atom stereocenters. The van der Waals surface area contributed by atoms with Gasteiger partial charge in [-0.1, -0.05) is 12.1 Å². The fraction of sp³-hybridized carbons (Fsp3) is 0.296. The Morgan fingerprint density at radius 3 is 2.66 bits per heavy atom. The number of nitrogens with zero attached hydrogens (tertiary/aromatic N) is 5. The highest BCUT2D eigenvalue weighted by Gasteiger charge is 2.27. The Labute approximate surface area is 204 Å². The molecule has 1 aliphatic heterocycles. The lowest BCUT2D eigenvalue weighted by molar-refractivity contribution is -0.125. The van der Waals surface area contributed by atoms with Crippen LogP contribution >= 0.6 is 0 Å². The standard InChI is InChI=1S/C27H29FN6O/c1-32(2)23-11-5-19(6-12-23)17-30-27(35)21-4-3-14-33(18-21)26-25-16-24(31-34(25)15-13-29-26)20-7-9-22(28)10-8-20/h5-13,15-16,21H,3-4,14,17-18H2,1-2H3,(H,30,35). The van der Waals surface area contributed by atoms with Gasteiger partial charge >= 0.3 is 0 Å². The number of piperidine rings is 1. The van der Waals surface area contributed by atoms with Crippen molar-refractivity contribution in [3.8, 4) is 11.3 Å². The van der Waals surface area contributed by atoms with Crippen LogP contribution in [-0.4, -0.2) is 47.7 Å². The highest BCUT2D eigenvalue weighted by Crippen LogP contribution is 2.28. The average molecular weight is 473 g/mol. The van der Waals surface area contributed by atoms with Crippen molar-refractivity contribution < 1.29 is 9.18 Å². The molecule has 2 aromatic heterocycles. The van der Waals surface area contributed by atoms with E-state index in [-0.39, 0.29) is 17.6 Å². The van der Waals surface area contributed by atoms with E-state index in [0.29, 0.717) is 13.1 Å². The Morgan fingerprint density at radius 1 is 1.14 bits per heavy atom. The van der Waals surface area contributed by atoms with Crippen LogP contribution in [0.15, 0.2) is 67.0 Å². The van der Waals surface area contributed by atoms with Crippen molar-refractivity contribution in [1.82, 2.24) is 19.9 Å². The quantitative estimate of drug-likeness (QED) is 0.457. The fourth-order valence-electron chi connectivity index (χ4n) is 4.54. The summed E-state index contributed by atoms with van der Waals surface area (Å²) in [5.41, 5.74) is 4.68. The largest absolute Gasteiger partial charge is 0.378 e. The molecule has 0 spiro atoms. The predicted molar refractivity (Wildman–Crippen MR) is 136 cm³/mol. The molecule has 180 valence electrons. The van der Waals surface area contributed by atoms with Crippen molar-refractivity contribution in [3.05, 3.63) is 78.4 Å². The highest BCUT2D eigenvalue weighted by atomic mass is 19.1. The molecule has 3 heterocycles. The first-order valence-electron chi connectivity index (χ1n) is 11.9. The summed E-state index contributed by atoms with van der Waals surface area (Å²) in [4.78, 5) is 21.8. The van der Waals surface area contributed by atoms with Gasteiger partial charge in [0.1, 0.15) is 11.3 Å². The van der Waals surface area contributed by atoms with E-state index in [9.17, 15) is 9.18 Å². The van der Waals surface area contributed by atoms with Crippen LogP contribution in [0.2, 0.25) is 0 Å². The number of fused-ring (bicyclic) bond motifs is 1. The molecule has 1 N–H and O–H groups in total. The Morgan fingerprint density at radius 2 is 1.91 bits per heavy atom. The summed E-state index contributed by atoms with van der Waals surface area (Å²) in [5, 5.41) is 7.76. The molecule has 1 amide bonds. The molecule has 7 nitrogen and oxygen atoms in total. The third-order valence-corrected chi connectivity index (χ3v) is 6.52. The lowest BCUT2D eigenvalue weighted by atomic mass is 9.97. The van der Waals surface area contributed by atoms with E-state index in [1.165, 1.54) is 12.1 Å². The van der Waals surface area contributed by atoms with E-state index in [1.54, 1.807) is 22.8 Å². The lowest BCUT2D eigenvalue weighted by Crippen LogP contribution is -2.43. The number of carbonyl (C=O) groups excluding carboxylic acids is 1. The Bertz CT molecular complexity index is 1320. The molecule has 0 saturated carbocycles. The van der Waals surface area contributed by atoms with Crippen LogP contribution in [-0.2, 0) is 11.3 Å². The molecule has 1 saturated heterocycles. The third kappa shape index (κ3) is 4.96. The van der Waals surface area contributed by atoms with Gasteiger partial charge in [0.15, 0.2) is 5.82 Å². The van der Waals surface area contributed by atoms with Gasteiger partial charge in [-0.2, -0.15) is 5.10 Å². The van der Waals surface area contributed by atoms with Gasteiger partial charge in [0.05, 0.1) is 11.6 Å². The van der Waals surface area contributed by atoms with E-state index in [4.69, 9.17) is 0 Å². The molecule has 2 aromatic carbocycles. The molecule has 8 heteroatoms. The number of nitrogens with one attached hydrogen (secondary N) is 1. The Kier molecular flexibility index (Phi) is 6.35. The van der Waals surface area contributed by atoms with Crippen molar-refractivity contribution >= 4 is 22.9 Å². The summed E-state index contributed by atoms with van der Waals surface area (Å²) >= 11 is 0. The highest BCUT2D eigenvalue weighted by molar-refractivity contribution is 5.81. The number of anilines is 2. The number of halogens is 1. The summed E-state index contributed by atoms with van der Waals surface area (Å²) in [7, 11) is 4.02. The van der Waals surface area contributed by atoms with Crippen molar-refractivity contribution in [2.75, 3.05) is 37.0 Å². The number of hydrogen-bond donors (Lipinski definition) is 1. The molecule has 5 rings (SSSR count). The monoisotopic (exact) mass is 472 g/mol. The van der Waals surface area contributed by atoms with Crippen LogP contribution in [0.1, 0.15) is 18.4 Å². The molecule has 0 radical (unpaired) electrons. The molecular formula is C27H29FN6O. The number of amides is 1. The predicted octanol–water partition coefficient (Wildman–Crippen LogP) is 4.13. The van der Waals surface area contributed by atoms with Crippen LogP contribution in [0.4, 0.5) is 15.9 Å². The molecule has 0 bridgehead atoms. The second kappa shape index (κ2) is 9.74. The van der Waals surface area contributed by atoms with Crippen LogP contribution in [0, 0.1) is 11.7 Å². The van der Waals surface area contributed by atoms with Gasteiger partial charge in [-0.25, -0.2) is 13.9 Å². The van der Waals surface area contributed by atoms with Crippen LogP contribution < -0.4 is 15.1 Å². The fourth-order valence-corrected chi connectivity index (χ4v) is 4.54. The van der Waals surface area contributed by atoms with Crippen LogP contribution in [0.5, 0.6) is 0 Å². The Hall–Kier alpha value is -3.94. The lowest BCUT2D eigenvalue weighted by Gasteiger charge is -2.33. The SMILES string of the molecule is CN(C)c1ccc(CNC(=O)C2CCCN(c3nccn4nc(-c5ccc(F)cc5)cc34)C2)cc1. The van der Waals surface area contributed by atoms with Gasteiger partial charge in [0, 0.05) is 57.4 Å². The zero-order valence-electron chi connectivity index (χ0n) is 20.0. The summed E-state index contributed by atoms with van der Waals surface area (Å²) < 4.78 is 15.1. The van der Waals surface area contributed by atoms with Crippen LogP contribution in [0.25, 0.3) is 16.8 Å². The third-order valence-electron chi connectivity index (χ3n) is 6.52. The van der Waals surface area contributed by atoms with Gasteiger partial charge < -0.3 is 15.1 Å². The zero-order chi connectivity index (χ0) is 24.4. The second-order valence-electron chi connectivity index (χ2n) is 9.18. The van der Waals surface area contributed by atoms with E-state index in [2.05, 4.69) is 37.3 Å². The number of rotatable bonds is 6. The molecule has 1 unspecified atom stereocenters. The number of hydrogen-bond acceptors (Lipinski definition) is 5. The van der Waals surface area contributed by atoms with Gasteiger partial charge in [-0.3, -0.25) is 4.79 Å². The average Bonchev–Trinajstić information content (AvgIpc) is 3.32. The molecule has 4 aromatic rings. The first kappa shape index (κ1) is 22.8. The minimum atomic E-state index is -0.275. The summed E-state index contributed by atoms with van der Waals surface area (Å²) in [6.45, 7) is 1.95. The van der Waals surface area contributed by atoms with Crippen molar-refractivity contribution in [2.45, 2.75) is 19.4 Å². The van der Waals surface area contributed by atoms with Gasteiger partial charge in [-0.15, -0.1) is 0 Å². The van der Waals surface area contributed by atoms with E-state index >= 15 is 0 Å². The summed E-state index contributed by atoms with van der Waals surface area (Å²) in [6.07, 6.45) is 5.30. The normalized spacial score (nSPS) is 15.9. The van der Waals surface area contributed by atoms with E-state index in [0.717, 1.165) is 53.2 Å². The Balaban J connectivity index is 1.29. The smallest absolute Gasteiger partial charge is 0.225 e. The number of benzene rings is 2. The minimum Gasteiger partial charge on any atom is -0.378 e.